The number of carbonyl (C=O) groups is 1. The first-order valence-corrected chi connectivity index (χ1v) is 5.73. The highest BCUT2D eigenvalue weighted by Crippen LogP contribution is 2.34. The van der Waals surface area contributed by atoms with Gasteiger partial charge in [-0.15, -0.1) is 0 Å². The number of rotatable bonds is 4. The number of amides is 1. The van der Waals surface area contributed by atoms with Gasteiger partial charge in [0.2, 0.25) is 5.91 Å². The van der Waals surface area contributed by atoms with Gasteiger partial charge in [0.25, 0.3) is 0 Å². The number of hydrogen-bond acceptors (Lipinski definition) is 3. The van der Waals surface area contributed by atoms with E-state index >= 15 is 0 Å². The average Bonchev–Trinajstić information content (AvgIpc) is 2.25. The molecule has 0 bridgehead atoms. The maximum Gasteiger partial charge on any atom is 0.417 e. The lowest BCUT2D eigenvalue weighted by Crippen LogP contribution is -2.36. The summed E-state index contributed by atoms with van der Waals surface area (Å²) in [7, 11) is 0. The molecule has 0 heterocycles. The number of nitrogens with one attached hydrogen (secondary N) is 1. The first kappa shape index (κ1) is 15.8. The Kier molecular flexibility index (Phi) is 4.28. The second kappa shape index (κ2) is 5.41. The van der Waals surface area contributed by atoms with Crippen molar-refractivity contribution in [3.8, 4) is 6.07 Å². The van der Waals surface area contributed by atoms with Gasteiger partial charge in [0.05, 0.1) is 17.2 Å². The molecule has 0 aliphatic carbocycles. The summed E-state index contributed by atoms with van der Waals surface area (Å²) in [5.41, 5.74) is 2.99. The van der Waals surface area contributed by atoms with Crippen molar-refractivity contribution in [2.24, 2.45) is 5.73 Å². The molecule has 0 unspecified atom stereocenters. The van der Waals surface area contributed by atoms with E-state index in [9.17, 15) is 18.0 Å². The van der Waals surface area contributed by atoms with Gasteiger partial charge >= 0.3 is 6.18 Å². The van der Waals surface area contributed by atoms with Gasteiger partial charge in [0, 0.05) is 17.6 Å². The Balaban J connectivity index is 3.11. The lowest BCUT2D eigenvalue weighted by atomic mass is 9.99. The molecule has 1 rings (SSSR count). The lowest BCUT2D eigenvalue weighted by Gasteiger charge is -2.26. The molecule has 0 fully saturated rings. The average molecular weight is 285 g/mol. The molecule has 0 aliphatic heterocycles. The molecule has 0 saturated carbocycles. The van der Waals surface area contributed by atoms with Crippen LogP contribution in [0.3, 0.4) is 0 Å². The number of benzene rings is 1. The molecule has 4 nitrogen and oxygen atoms in total. The summed E-state index contributed by atoms with van der Waals surface area (Å²) in [6.45, 7) is 3.28. The highest BCUT2D eigenvalue weighted by molar-refractivity contribution is 5.75. The fourth-order valence-electron chi connectivity index (χ4n) is 1.82. The Morgan fingerprint density at radius 3 is 2.45 bits per heavy atom. The van der Waals surface area contributed by atoms with Crippen molar-refractivity contribution in [3.05, 3.63) is 29.3 Å². The van der Waals surface area contributed by atoms with Crippen LogP contribution in [0.25, 0.3) is 0 Å². The number of halogens is 3. The number of alkyl halides is 3. The van der Waals surface area contributed by atoms with Crippen LogP contribution in [-0.4, -0.2) is 11.4 Å². The van der Waals surface area contributed by atoms with Crippen LogP contribution in [0, 0.1) is 11.3 Å². The summed E-state index contributed by atoms with van der Waals surface area (Å²) >= 11 is 0. The van der Waals surface area contributed by atoms with Gasteiger partial charge in [0.1, 0.15) is 0 Å². The van der Waals surface area contributed by atoms with Crippen LogP contribution in [0.4, 0.5) is 18.9 Å². The Labute approximate surface area is 114 Å². The number of nitrogens with zero attached hydrogens (tertiary/aromatic N) is 1. The molecule has 1 aromatic rings. The van der Waals surface area contributed by atoms with Crippen LogP contribution in [0.1, 0.15) is 31.4 Å². The normalized spacial score (nSPS) is 11.8. The van der Waals surface area contributed by atoms with E-state index in [4.69, 9.17) is 11.0 Å². The summed E-state index contributed by atoms with van der Waals surface area (Å²) in [5.74, 6) is -0.563. The predicted octanol–water partition coefficient (Wildman–Crippen LogP) is 2.64. The van der Waals surface area contributed by atoms with Crippen LogP contribution in [0.2, 0.25) is 0 Å². The van der Waals surface area contributed by atoms with Gasteiger partial charge in [-0.05, 0) is 32.0 Å². The van der Waals surface area contributed by atoms with Gasteiger partial charge < -0.3 is 11.1 Å². The third-order valence-electron chi connectivity index (χ3n) is 2.54. The van der Waals surface area contributed by atoms with E-state index in [1.165, 1.54) is 12.1 Å². The minimum absolute atomic E-state index is 0.0334. The Bertz CT molecular complexity index is 559. The molecule has 0 radical (unpaired) electrons. The number of hydrogen-bond donors (Lipinski definition) is 2. The minimum Gasteiger partial charge on any atom is -0.380 e. The predicted molar refractivity (Wildman–Crippen MR) is 67.7 cm³/mol. The maximum absolute atomic E-state index is 12.8. The highest BCUT2D eigenvalue weighted by atomic mass is 19.4. The quantitative estimate of drug-likeness (QED) is 0.892. The van der Waals surface area contributed by atoms with Crippen molar-refractivity contribution < 1.29 is 18.0 Å². The second-order valence-electron chi connectivity index (χ2n) is 5.02. The Morgan fingerprint density at radius 1 is 1.40 bits per heavy atom. The molecule has 0 spiro atoms. The smallest absolute Gasteiger partial charge is 0.380 e. The Morgan fingerprint density at radius 2 is 2.00 bits per heavy atom. The van der Waals surface area contributed by atoms with Gasteiger partial charge in [-0.2, -0.15) is 18.4 Å². The summed E-state index contributed by atoms with van der Waals surface area (Å²) in [5, 5.41) is 11.5. The summed E-state index contributed by atoms with van der Waals surface area (Å²) in [6.07, 6.45) is -4.65. The van der Waals surface area contributed by atoms with Crippen molar-refractivity contribution in [1.82, 2.24) is 0 Å². The van der Waals surface area contributed by atoms with Gasteiger partial charge in [0.15, 0.2) is 0 Å². The zero-order valence-electron chi connectivity index (χ0n) is 11.0. The molecular formula is C13H14F3N3O. The molecule has 0 saturated heterocycles. The van der Waals surface area contributed by atoms with Crippen molar-refractivity contribution in [1.29, 1.82) is 5.26 Å². The molecule has 1 aromatic carbocycles. The van der Waals surface area contributed by atoms with E-state index in [1.807, 2.05) is 0 Å². The van der Waals surface area contributed by atoms with Crippen LogP contribution in [0.15, 0.2) is 18.2 Å². The largest absolute Gasteiger partial charge is 0.417 e. The molecule has 3 N–H and O–H groups in total. The van der Waals surface area contributed by atoms with Crippen molar-refractivity contribution in [3.63, 3.8) is 0 Å². The maximum atomic E-state index is 12.8. The standard InChI is InChI=1S/C13H14F3N3O/c1-12(2,6-11(18)20)19-9-4-3-8(7-17)10(5-9)13(14,15)16/h3-5,19H,6H2,1-2H3,(H2,18,20). The number of carbonyl (C=O) groups excluding carboxylic acids is 1. The topological polar surface area (TPSA) is 78.9 Å². The molecule has 7 heteroatoms. The summed E-state index contributed by atoms with van der Waals surface area (Å²) < 4.78 is 38.4. The number of anilines is 1. The van der Waals surface area contributed by atoms with Crippen LogP contribution in [-0.2, 0) is 11.0 Å². The number of primary amides is 1. The molecular weight excluding hydrogens is 271 g/mol. The summed E-state index contributed by atoms with van der Waals surface area (Å²) in [6, 6.07) is 4.80. The van der Waals surface area contributed by atoms with Gasteiger partial charge in [-0.1, -0.05) is 0 Å². The molecule has 0 aliphatic rings. The van der Waals surface area contributed by atoms with Gasteiger partial charge in [-0.25, -0.2) is 0 Å². The van der Waals surface area contributed by atoms with Gasteiger partial charge in [-0.3, -0.25) is 4.79 Å². The van der Waals surface area contributed by atoms with Crippen molar-refractivity contribution in [2.45, 2.75) is 32.0 Å². The summed E-state index contributed by atoms with van der Waals surface area (Å²) in [4.78, 5) is 10.9. The molecule has 0 aromatic heterocycles. The monoisotopic (exact) mass is 285 g/mol. The first-order valence-electron chi connectivity index (χ1n) is 5.73. The third kappa shape index (κ3) is 4.16. The lowest BCUT2D eigenvalue weighted by molar-refractivity contribution is -0.137. The SMILES string of the molecule is CC(C)(CC(N)=O)Nc1ccc(C#N)c(C(F)(F)F)c1. The number of nitrogens with two attached hydrogens (primary N) is 1. The molecule has 1 amide bonds. The van der Waals surface area contributed by atoms with E-state index in [0.717, 1.165) is 12.1 Å². The van der Waals surface area contributed by atoms with E-state index in [1.54, 1.807) is 13.8 Å². The second-order valence-corrected chi connectivity index (χ2v) is 5.02. The fraction of sp³-hybridized carbons (Fsp3) is 0.385. The van der Waals surface area contributed by atoms with Crippen LogP contribution in [0.5, 0.6) is 0 Å². The van der Waals surface area contributed by atoms with E-state index in [2.05, 4.69) is 5.32 Å². The third-order valence-corrected chi connectivity index (χ3v) is 2.54. The molecule has 108 valence electrons. The van der Waals surface area contributed by atoms with Crippen molar-refractivity contribution >= 4 is 11.6 Å². The molecule has 0 atom stereocenters. The van der Waals surface area contributed by atoms with E-state index in [-0.39, 0.29) is 12.1 Å². The first-order chi connectivity index (χ1) is 9.05. The zero-order chi connectivity index (χ0) is 15.6. The number of nitriles is 1. The minimum atomic E-state index is -4.61. The Hall–Kier alpha value is -2.23. The van der Waals surface area contributed by atoms with Crippen LogP contribution >= 0.6 is 0 Å². The van der Waals surface area contributed by atoms with E-state index < -0.39 is 28.7 Å². The van der Waals surface area contributed by atoms with Crippen LogP contribution < -0.4 is 11.1 Å². The fourth-order valence-corrected chi connectivity index (χ4v) is 1.82. The van der Waals surface area contributed by atoms with E-state index in [0.29, 0.717) is 0 Å². The highest BCUT2D eigenvalue weighted by Gasteiger charge is 2.34. The molecule has 20 heavy (non-hydrogen) atoms. The van der Waals surface area contributed by atoms with Crippen molar-refractivity contribution in [2.75, 3.05) is 5.32 Å². The zero-order valence-corrected chi connectivity index (χ0v) is 11.0.